The van der Waals surface area contributed by atoms with Crippen LogP contribution in [0.5, 0.6) is 11.5 Å². The number of piperidine rings is 1. The van der Waals surface area contributed by atoms with Crippen LogP contribution in [0.15, 0.2) is 18.2 Å². The zero-order valence-electron chi connectivity index (χ0n) is 14.7. The van der Waals surface area contributed by atoms with Crippen LogP contribution < -0.4 is 15.2 Å². The zero-order valence-corrected chi connectivity index (χ0v) is 15.6. The Balaban J connectivity index is 1.86. The van der Waals surface area contributed by atoms with Crippen LogP contribution in [0.2, 0.25) is 0 Å². The monoisotopic (exact) mass is 361 g/mol. The van der Waals surface area contributed by atoms with Gasteiger partial charge in [-0.2, -0.15) is 0 Å². The van der Waals surface area contributed by atoms with Gasteiger partial charge < -0.3 is 20.1 Å². The van der Waals surface area contributed by atoms with Gasteiger partial charge in [-0.1, -0.05) is 0 Å². The van der Waals surface area contributed by atoms with Crippen molar-refractivity contribution in [3.63, 3.8) is 0 Å². The maximum absolute atomic E-state index is 12.8. The Bertz CT molecular complexity index is 767. The summed E-state index contributed by atoms with van der Waals surface area (Å²) in [7, 11) is 3.21. The molecule has 0 bridgehead atoms. The van der Waals surface area contributed by atoms with Crippen molar-refractivity contribution in [3.8, 4) is 22.1 Å². The minimum atomic E-state index is 0.0497. The Hall–Kier alpha value is -2.12. The predicted molar refractivity (Wildman–Crippen MR) is 98.5 cm³/mol. The fraction of sp³-hybridized carbons (Fsp3) is 0.444. The number of aromatic nitrogens is 1. The van der Waals surface area contributed by atoms with Gasteiger partial charge in [0, 0.05) is 24.7 Å². The van der Waals surface area contributed by atoms with Crippen molar-refractivity contribution in [2.24, 2.45) is 5.73 Å². The van der Waals surface area contributed by atoms with Gasteiger partial charge in [0.25, 0.3) is 5.91 Å². The second-order valence-electron chi connectivity index (χ2n) is 6.13. The molecule has 1 aromatic heterocycles. The molecule has 0 saturated carbocycles. The molecular formula is C18H23N3O3S. The van der Waals surface area contributed by atoms with Crippen molar-refractivity contribution in [1.29, 1.82) is 0 Å². The Morgan fingerprint density at radius 2 is 1.92 bits per heavy atom. The van der Waals surface area contributed by atoms with E-state index in [2.05, 4.69) is 4.98 Å². The van der Waals surface area contributed by atoms with E-state index >= 15 is 0 Å². The van der Waals surface area contributed by atoms with Gasteiger partial charge in [-0.25, -0.2) is 4.98 Å². The van der Waals surface area contributed by atoms with Gasteiger partial charge in [0.15, 0.2) is 11.5 Å². The first-order chi connectivity index (χ1) is 12.0. The highest BCUT2D eigenvalue weighted by atomic mass is 32.1. The molecule has 25 heavy (non-hydrogen) atoms. The summed E-state index contributed by atoms with van der Waals surface area (Å²) in [5.41, 5.74) is 7.59. The molecule has 6 nitrogen and oxygen atoms in total. The molecule has 0 spiro atoms. The van der Waals surface area contributed by atoms with Crippen LogP contribution in [0.3, 0.4) is 0 Å². The Kier molecular flexibility index (Phi) is 5.24. The lowest BCUT2D eigenvalue weighted by atomic mass is 10.1. The van der Waals surface area contributed by atoms with Gasteiger partial charge in [-0.15, -0.1) is 11.3 Å². The fourth-order valence-electron chi connectivity index (χ4n) is 2.93. The van der Waals surface area contributed by atoms with Crippen molar-refractivity contribution in [2.75, 3.05) is 27.3 Å². The maximum Gasteiger partial charge on any atom is 0.265 e. The van der Waals surface area contributed by atoms with Crippen LogP contribution in [0.1, 0.15) is 28.2 Å². The van der Waals surface area contributed by atoms with Crippen LogP contribution in [0, 0.1) is 6.92 Å². The Morgan fingerprint density at radius 3 is 2.56 bits per heavy atom. The summed E-state index contributed by atoms with van der Waals surface area (Å²) in [5, 5.41) is 0.801. The number of amides is 1. The minimum Gasteiger partial charge on any atom is -0.493 e. The molecule has 1 amide bonds. The first-order valence-electron chi connectivity index (χ1n) is 8.28. The van der Waals surface area contributed by atoms with E-state index < -0.39 is 0 Å². The third kappa shape index (κ3) is 3.62. The first kappa shape index (κ1) is 17.7. The number of thiazole rings is 1. The normalized spacial score (nSPS) is 15.3. The SMILES string of the molecule is COc1ccc(-c2nc(C)c(C(=O)N3CCC(N)CC3)s2)cc1OC. The van der Waals surface area contributed by atoms with E-state index in [1.165, 1.54) is 11.3 Å². The molecule has 2 heterocycles. The molecule has 2 aromatic rings. The van der Waals surface area contributed by atoms with Gasteiger partial charge >= 0.3 is 0 Å². The number of rotatable bonds is 4. The summed E-state index contributed by atoms with van der Waals surface area (Å²) in [5.74, 6) is 1.36. The molecule has 0 aliphatic carbocycles. The first-order valence-corrected chi connectivity index (χ1v) is 9.09. The number of nitrogens with zero attached hydrogens (tertiary/aromatic N) is 2. The van der Waals surface area contributed by atoms with Crippen molar-refractivity contribution in [1.82, 2.24) is 9.88 Å². The molecule has 1 saturated heterocycles. The van der Waals surface area contributed by atoms with Crippen LogP contribution in [-0.2, 0) is 0 Å². The molecule has 1 aliphatic rings. The minimum absolute atomic E-state index is 0.0497. The molecule has 7 heteroatoms. The largest absolute Gasteiger partial charge is 0.493 e. The number of likely N-dealkylation sites (tertiary alicyclic amines) is 1. The summed E-state index contributed by atoms with van der Waals surface area (Å²) in [6, 6.07) is 5.85. The van der Waals surface area contributed by atoms with Gasteiger partial charge in [-0.05, 0) is 38.0 Å². The number of benzene rings is 1. The molecule has 1 fully saturated rings. The summed E-state index contributed by atoms with van der Waals surface area (Å²) >= 11 is 1.42. The molecule has 1 aliphatic heterocycles. The highest BCUT2D eigenvalue weighted by molar-refractivity contribution is 7.17. The molecule has 3 rings (SSSR count). The number of hydrogen-bond acceptors (Lipinski definition) is 6. The van der Waals surface area contributed by atoms with Gasteiger partial charge in [-0.3, -0.25) is 4.79 Å². The molecular weight excluding hydrogens is 338 g/mol. The number of carbonyl (C=O) groups is 1. The van der Waals surface area contributed by atoms with E-state index in [4.69, 9.17) is 15.2 Å². The second-order valence-corrected chi connectivity index (χ2v) is 7.13. The van der Waals surface area contributed by atoms with Gasteiger partial charge in [0.05, 0.1) is 19.9 Å². The third-order valence-corrected chi connectivity index (χ3v) is 5.64. The highest BCUT2D eigenvalue weighted by Gasteiger charge is 2.25. The molecule has 0 radical (unpaired) electrons. The lowest BCUT2D eigenvalue weighted by molar-refractivity contribution is 0.0718. The summed E-state index contributed by atoms with van der Waals surface area (Å²) < 4.78 is 10.6. The number of methoxy groups -OCH3 is 2. The summed E-state index contributed by atoms with van der Waals surface area (Å²) in [6.45, 7) is 3.30. The average molecular weight is 361 g/mol. The fourth-order valence-corrected chi connectivity index (χ4v) is 3.96. The van der Waals surface area contributed by atoms with Crippen LogP contribution >= 0.6 is 11.3 Å². The van der Waals surface area contributed by atoms with Crippen LogP contribution in [0.25, 0.3) is 10.6 Å². The lowest BCUT2D eigenvalue weighted by Gasteiger charge is -2.29. The molecule has 2 N–H and O–H groups in total. The number of hydrogen-bond donors (Lipinski definition) is 1. The van der Waals surface area contributed by atoms with Gasteiger partial charge in [0.1, 0.15) is 9.88 Å². The number of carbonyl (C=O) groups excluding carboxylic acids is 1. The van der Waals surface area contributed by atoms with Crippen molar-refractivity contribution in [3.05, 3.63) is 28.8 Å². The third-order valence-electron chi connectivity index (χ3n) is 4.45. The number of ether oxygens (including phenoxy) is 2. The van der Waals surface area contributed by atoms with Crippen LogP contribution in [-0.4, -0.2) is 49.1 Å². The predicted octanol–water partition coefficient (Wildman–Crippen LogP) is 2.70. The number of nitrogens with two attached hydrogens (primary N) is 1. The van der Waals surface area contributed by atoms with E-state index in [0.717, 1.165) is 29.1 Å². The summed E-state index contributed by atoms with van der Waals surface area (Å²) in [6.07, 6.45) is 1.71. The van der Waals surface area contributed by atoms with E-state index in [0.29, 0.717) is 29.5 Å². The second kappa shape index (κ2) is 7.41. The van der Waals surface area contributed by atoms with E-state index in [-0.39, 0.29) is 11.9 Å². The summed E-state index contributed by atoms with van der Waals surface area (Å²) in [4.78, 5) is 20.0. The standard InChI is InChI=1S/C18H23N3O3S/c1-11-16(18(22)21-8-6-13(19)7-9-21)25-17(20-11)12-4-5-14(23-2)15(10-12)24-3/h4-5,10,13H,6-9,19H2,1-3H3. The highest BCUT2D eigenvalue weighted by Crippen LogP contribution is 2.35. The maximum atomic E-state index is 12.8. The van der Waals surface area contributed by atoms with Gasteiger partial charge in [0.2, 0.25) is 0 Å². The lowest BCUT2D eigenvalue weighted by Crippen LogP contribution is -2.42. The quantitative estimate of drug-likeness (QED) is 0.906. The molecule has 0 atom stereocenters. The van der Waals surface area contributed by atoms with Crippen molar-refractivity contribution in [2.45, 2.75) is 25.8 Å². The van der Waals surface area contributed by atoms with Crippen molar-refractivity contribution >= 4 is 17.2 Å². The Labute approximate surface area is 151 Å². The zero-order chi connectivity index (χ0) is 18.0. The molecule has 0 unspecified atom stereocenters. The van der Waals surface area contributed by atoms with E-state index in [1.54, 1.807) is 14.2 Å². The molecule has 134 valence electrons. The average Bonchev–Trinajstić information content (AvgIpc) is 3.02. The number of aryl methyl sites for hydroxylation is 1. The van der Waals surface area contributed by atoms with Crippen LogP contribution in [0.4, 0.5) is 0 Å². The smallest absolute Gasteiger partial charge is 0.265 e. The van der Waals surface area contributed by atoms with Crippen molar-refractivity contribution < 1.29 is 14.3 Å². The Morgan fingerprint density at radius 1 is 1.24 bits per heavy atom. The van der Waals surface area contributed by atoms with E-state index in [1.807, 2.05) is 30.0 Å². The molecule has 1 aromatic carbocycles. The van der Waals surface area contributed by atoms with E-state index in [9.17, 15) is 4.79 Å². The topological polar surface area (TPSA) is 77.7 Å².